The molecule has 0 saturated carbocycles. The van der Waals surface area contributed by atoms with Crippen LogP contribution in [0.4, 0.5) is 0 Å². The highest BCUT2D eigenvalue weighted by Crippen LogP contribution is 2.51. The first-order valence-corrected chi connectivity index (χ1v) is 8.09. The van der Waals surface area contributed by atoms with Gasteiger partial charge in [0.2, 0.25) is 0 Å². The maximum Gasteiger partial charge on any atom is 0.0753 e. The average molecular weight is 295 g/mol. The van der Waals surface area contributed by atoms with Gasteiger partial charge in [0, 0.05) is 16.4 Å². The van der Waals surface area contributed by atoms with Crippen LogP contribution in [0, 0.1) is 0 Å². The van der Waals surface area contributed by atoms with Crippen molar-refractivity contribution in [3.05, 3.63) is 77.9 Å². The number of para-hydroxylation sites is 1. The van der Waals surface area contributed by atoms with Crippen molar-refractivity contribution < 1.29 is 0 Å². The van der Waals surface area contributed by atoms with E-state index in [0.29, 0.717) is 0 Å². The van der Waals surface area contributed by atoms with E-state index in [1.54, 1.807) is 0 Å². The van der Waals surface area contributed by atoms with Crippen molar-refractivity contribution in [2.45, 2.75) is 19.3 Å². The summed E-state index contributed by atoms with van der Waals surface area (Å²) in [5, 5.41) is 3.87. The normalized spacial score (nSPS) is 14.9. The van der Waals surface area contributed by atoms with Crippen LogP contribution in [0.15, 0.2) is 66.7 Å². The van der Waals surface area contributed by atoms with Crippen LogP contribution < -0.4 is 0 Å². The largest absolute Gasteiger partial charge is 0.247 e. The van der Waals surface area contributed by atoms with Crippen molar-refractivity contribution in [2.24, 2.45) is 0 Å². The summed E-state index contributed by atoms with van der Waals surface area (Å²) in [5.74, 6) is 0. The molecule has 0 atom stereocenters. The lowest BCUT2D eigenvalue weighted by Crippen LogP contribution is -2.15. The minimum absolute atomic E-state index is 0.0252. The number of aromatic nitrogens is 1. The monoisotopic (exact) mass is 295 g/mol. The van der Waals surface area contributed by atoms with Crippen molar-refractivity contribution in [1.82, 2.24) is 4.98 Å². The minimum atomic E-state index is -0.0252. The predicted octanol–water partition coefficient (Wildman–Crippen LogP) is 5.69. The van der Waals surface area contributed by atoms with E-state index in [0.717, 1.165) is 11.2 Å². The summed E-state index contributed by atoms with van der Waals surface area (Å²) >= 11 is 0. The third-order valence-electron chi connectivity index (χ3n) is 5.21. The van der Waals surface area contributed by atoms with Crippen LogP contribution in [-0.4, -0.2) is 4.98 Å². The molecule has 5 rings (SSSR count). The molecule has 3 aromatic carbocycles. The second-order valence-electron chi connectivity index (χ2n) is 6.91. The molecule has 110 valence electrons. The van der Waals surface area contributed by atoms with Crippen LogP contribution in [0.1, 0.15) is 25.0 Å². The van der Waals surface area contributed by atoms with Crippen molar-refractivity contribution in [2.75, 3.05) is 0 Å². The van der Waals surface area contributed by atoms with Gasteiger partial charge >= 0.3 is 0 Å². The topological polar surface area (TPSA) is 12.9 Å². The summed E-state index contributed by atoms with van der Waals surface area (Å²) in [4.78, 5) is 5.00. The molecule has 0 fully saturated rings. The number of hydrogen-bond donors (Lipinski definition) is 0. The van der Waals surface area contributed by atoms with E-state index in [9.17, 15) is 0 Å². The Kier molecular flexibility index (Phi) is 2.34. The molecule has 0 aliphatic heterocycles. The van der Waals surface area contributed by atoms with Gasteiger partial charge in [-0.25, -0.2) is 4.98 Å². The Balaban J connectivity index is 1.95. The summed E-state index contributed by atoms with van der Waals surface area (Å²) in [6.45, 7) is 4.64. The molecule has 0 amide bonds. The first kappa shape index (κ1) is 12.8. The van der Waals surface area contributed by atoms with E-state index < -0.39 is 0 Å². The Labute approximate surface area is 135 Å². The highest BCUT2D eigenvalue weighted by Gasteiger charge is 2.38. The minimum Gasteiger partial charge on any atom is -0.247 e. The second-order valence-corrected chi connectivity index (χ2v) is 6.91. The van der Waals surface area contributed by atoms with Crippen LogP contribution >= 0.6 is 0 Å². The third-order valence-corrected chi connectivity index (χ3v) is 5.21. The van der Waals surface area contributed by atoms with Crippen LogP contribution in [-0.2, 0) is 5.41 Å². The van der Waals surface area contributed by atoms with Crippen LogP contribution in [0.3, 0.4) is 0 Å². The summed E-state index contributed by atoms with van der Waals surface area (Å²) < 4.78 is 0. The number of hydrogen-bond acceptors (Lipinski definition) is 1. The van der Waals surface area contributed by atoms with Gasteiger partial charge < -0.3 is 0 Å². The fourth-order valence-electron chi connectivity index (χ4n) is 4.07. The number of pyridine rings is 1. The Bertz CT molecular complexity index is 1090. The SMILES string of the molecule is CC1(C)c2cc3ccccc3nc2-c2ccc3ccccc3c21. The van der Waals surface area contributed by atoms with Gasteiger partial charge in [0.05, 0.1) is 11.2 Å². The Morgan fingerprint density at radius 1 is 0.783 bits per heavy atom. The lowest BCUT2D eigenvalue weighted by atomic mass is 9.80. The fraction of sp³-hybridized carbons (Fsp3) is 0.136. The first-order valence-electron chi connectivity index (χ1n) is 8.09. The molecule has 1 heterocycles. The summed E-state index contributed by atoms with van der Waals surface area (Å²) in [6.07, 6.45) is 0. The van der Waals surface area contributed by atoms with E-state index in [1.807, 2.05) is 0 Å². The molecule has 0 bridgehead atoms. The highest BCUT2D eigenvalue weighted by atomic mass is 14.7. The van der Waals surface area contributed by atoms with E-state index in [4.69, 9.17) is 4.98 Å². The Hall–Kier alpha value is -2.67. The van der Waals surface area contributed by atoms with E-state index in [1.165, 1.54) is 32.8 Å². The molecule has 0 unspecified atom stereocenters. The van der Waals surface area contributed by atoms with E-state index in [-0.39, 0.29) is 5.41 Å². The summed E-state index contributed by atoms with van der Waals surface area (Å²) in [6, 6.07) is 23.9. The quantitative estimate of drug-likeness (QED) is 0.406. The molecule has 0 N–H and O–H groups in total. The Morgan fingerprint density at radius 2 is 1.52 bits per heavy atom. The number of nitrogens with zero attached hydrogens (tertiary/aromatic N) is 1. The molecule has 1 aliphatic rings. The maximum atomic E-state index is 5.00. The summed E-state index contributed by atoms with van der Waals surface area (Å²) in [5.41, 5.74) is 6.23. The maximum absolute atomic E-state index is 5.00. The van der Waals surface area contributed by atoms with Gasteiger partial charge in [0.25, 0.3) is 0 Å². The fourth-order valence-corrected chi connectivity index (χ4v) is 4.07. The van der Waals surface area contributed by atoms with Gasteiger partial charge in [-0.2, -0.15) is 0 Å². The molecule has 1 aliphatic carbocycles. The van der Waals surface area contributed by atoms with E-state index >= 15 is 0 Å². The highest BCUT2D eigenvalue weighted by molar-refractivity contribution is 5.98. The van der Waals surface area contributed by atoms with Crippen LogP contribution in [0.25, 0.3) is 32.9 Å². The zero-order valence-electron chi connectivity index (χ0n) is 13.3. The number of benzene rings is 3. The molecule has 1 aromatic heterocycles. The summed E-state index contributed by atoms with van der Waals surface area (Å²) in [7, 11) is 0. The molecule has 0 saturated heterocycles. The van der Waals surface area contributed by atoms with E-state index in [2.05, 4.69) is 80.6 Å². The smallest absolute Gasteiger partial charge is 0.0753 e. The van der Waals surface area contributed by atoms with Gasteiger partial charge in [0.1, 0.15) is 0 Å². The van der Waals surface area contributed by atoms with Crippen molar-refractivity contribution in [3.63, 3.8) is 0 Å². The van der Waals surface area contributed by atoms with Crippen molar-refractivity contribution in [1.29, 1.82) is 0 Å². The molecule has 1 nitrogen and oxygen atoms in total. The predicted molar refractivity (Wildman–Crippen MR) is 96.8 cm³/mol. The third kappa shape index (κ3) is 1.60. The average Bonchev–Trinajstić information content (AvgIpc) is 2.81. The lowest BCUT2D eigenvalue weighted by Gasteiger charge is -2.23. The molecule has 23 heavy (non-hydrogen) atoms. The zero-order chi connectivity index (χ0) is 15.6. The Morgan fingerprint density at radius 3 is 2.39 bits per heavy atom. The molecule has 0 spiro atoms. The molecule has 0 radical (unpaired) electrons. The molecular weight excluding hydrogens is 278 g/mol. The number of rotatable bonds is 0. The second kappa shape index (κ2) is 4.20. The first-order chi connectivity index (χ1) is 11.2. The lowest BCUT2D eigenvalue weighted by molar-refractivity contribution is 0.666. The van der Waals surface area contributed by atoms with Gasteiger partial charge in [-0.15, -0.1) is 0 Å². The zero-order valence-corrected chi connectivity index (χ0v) is 13.3. The molecular formula is C22H17N. The van der Waals surface area contributed by atoms with Gasteiger partial charge in [-0.1, -0.05) is 68.4 Å². The molecule has 1 heteroatoms. The standard InChI is InChI=1S/C22H17N/c1-22(2)18-13-15-8-4-6-10-19(15)23-21(18)17-12-11-14-7-3-5-9-16(14)20(17)22/h3-13H,1-2H3. The van der Waals surface area contributed by atoms with Crippen LogP contribution in [0.5, 0.6) is 0 Å². The van der Waals surface area contributed by atoms with Gasteiger partial charge in [-0.3, -0.25) is 0 Å². The van der Waals surface area contributed by atoms with Gasteiger partial charge in [-0.05, 0) is 34.0 Å². The van der Waals surface area contributed by atoms with Gasteiger partial charge in [0.15, 0.2) is 0 Å². The molecule has 4 aromatic rings. The number of fused-ring (bicyclic) bond motifs is 6. The van der Waals surface area contributed by atoms with Crippen molar-refractivity contribution in [3.8, 4) is 11.3 Å². The van der Waals surface area contributed by atoms with Crippen LogP contribution in [0.2, 0.25) is 0 Å². The van der Waals surface area contributed by atoms with Crippen molar-refractivity contribution >= 4 is 21.7 Å².